The van der Waals surface area contributed by atoms with Crippen LogP contribution in [0.25, 0.3) is 0 Å². The molecule has 2 aromatic rings. The minimum absolute atomic E-state index is 0.226. The van der Waals surface area contributed by atoms with Gasteiger partial charge in [-0.1, -0.05) is 71.0 Å². The summed E-state index contributed by atoms with van der Waals surface area (Å²) in [6.07, 6.45) is -1.48. The summed E-state index contributed by atoms with van der Waals surface area (Å²) in [7, 11) is 2.84. The number of rotatable bonds is 5. The molecule has 0 aromatic heterocycles. The SMILES string of the molecule is CNC(=O)O/N=C(\C(=N/OC(=O)NC)c1ccccc1)c1ccccc1. The molecule has 0 aliphatic rings. The molecule has 0 spiro atoms. The standard InChI is InChI=1S/C18H18N4O4/c1-19-17(23)25-21-15(13-9-5-3-6-10-13)16(22-26-18(24)20-2)14-11-7-4-8-12-14/h3-12H,1-2H3,(H,19,23)(H,20,24)/b21-15-,22-16-. The van der Waals surface area contributed by atoms with Crippen molar-refractivity contribution < 1.29 is 19.3 Å². The van der Waals surface area contributed by atoms with Gasteiger partial charge in [0, 0.05) is 25.2 Å². The zero-order chi connectivity index (χ0) is 18.8. The Hall–Kier alpha value is -3.68. The molecule has 2 amide bonds. The third kappa shape index (κ3) is 5.17. The lowest BCUT2D eigenvalue weighted by Gasteiger charge is -2.10. The summed E-state index contributed by atoms with van der Waals surface area (Å²) in [6.45, 7) is 0. The average Bonchev–Trinajstić information content (AvgIpc) is 2.71. The predicted octanol–water partition coefficient (Wildman–Crippen LogP) is 2.51. The van der Waals surface area contributed by atoms with E-state index in [2.05, 4.69) is 20.9 Å². The van der Waals surface area contributed by atoms with Crippen molar-refractivity contribution in [2.75, 3.05) is 14.1 Å². The average molecular weight is 354 g/mol. The molecule has 2 aromatic carbocycles. The zero-order valence-electron chi connectivity index (χ0n) is 14.3. The number of oxime groups is 2. The molecule has 0 radical (unpaired) electrons. The number of hydrogen-bond donors (Lipinski definition) is 2. The zero-order valence-corrected chi connectivity index (χ0v) is 14.3. The molecule has 0 unspecified atom stereocenters. The van der Waals surface area contributed by atoms with Crippen LogP contribution in [0.15, 0.2) is 71.0 Å². The first-order chi connectivity index (χ1) is 12.7. The number of nitrogens with one attached hydrogen (secondary N) is 2. The largest absolute Gasteiger partial charge is 0.433 e. The molecule has 8 nitrogen and oxygen atoms in total. The van der Waals surface area contributed by atoms with Gasteiger partial charge in [-0.3, -0.25) is 9.68 Å². The maximum atomic E-state index is 11.4. The van der Waals surface area contributed by atoms with E-state index in [1.54, 1.807) is 48.5 Å². The fourth-order valence-electron chi connectivity index (χ4n) is 1.92. The summed E-state index contributed by atoms with van der Waals surface area (Å²) in [5, 5.41) is 12.4. The smallest absolute Gasteiger partial charge is 0.323 e. The van der Waals surface area contributed by atoms with Crippen molar-refractivity contribution in [3.63, 3.8) is 0 Å². The minimum atomic E-state index is -0.738. The topological polar surface area (TPSA) is 101 Å². The van der Waals surface area contributed by atoms with E-state index in [1.165, 1.54) is 14.1 Å². The van der Waals surface area contributed by atoms with Crippen molar-refractivity contribution >= 4 is 23.6 Å². The lowest BCUT2D eigenvalue weighted by molar-refractivity contribution is 0.151. The van der Waals surface area contributed by atoms with Crippen molar-refractivity contribution in [2.45, 2.75) is 0 Å². The number of amides is 2. The highest BCUT2D eigenvalue weighted by atomic mass is 16.7. The molecule has 2 rings (SSSR count). The van der Waals surface area contributed by atoms with Gasteiger partial charge >= 0.3 is 12.2 Å². The molecule has 0 atom stereocenters. The number of carbonyl (C=O) groups excluding carboxylic acids is 2. The summed E-state index contributed by atoms with van der Waals surface area (Å²) in [5.74, 6) is 0. The van der Waals surface area contributed by atoms with Gasteiger partial charge < -0.3 is 10.6 Å². The van der Waals surface area contributed by atoms with Crippen LogP contribution in [0.4, 0.5) is 9.59 Å². The van der Waals surface area contributed by atoms with E-state index < -0.39 is 12.2 Å². The second kappa shape index (κ2) is 9.58. The molecule has 0 saturated heterocycles. The molecule has 0 aliphatic heterocycles. The van der Waals surface area contributed by atoms with Gasteiger partial charge in [-0.15, -0.1) is 0 Å². The van der Waals surface area contributed by atoms with Crippen LogP contribution in [0, 0.1) is 0 Å². The van der Waals surface area contributed by atoms with Gasteiger partial charge in [0.05, 0.1) is 0 Å². The summed E-state index contributed by atoms with van der Waals surface area (Å²) >= 11 is 0. The van der Waals surface area contributed by atoms with Crippen LogP contribution in [-0.2, 0) is 9.68 Å². The lowest BCUT2D eigenvalue weighted by atomic mass is 10.00. The third-order valence-corrected chi connectivity index (χ3v) is 3.17. The van der Waals surface area contributed by atoms with Crippen LogP contribution in [-0.4, -0.2) is 37.7 Å². The molecule has 0 fully saturated rings. The molecule has 0 heterocycles. The fraction of sp³-hybridized carbons (Fsp3) is 0.111. The predicted molar refractivity (Wildman–Crippen MR) is 97.0 cm³/mol. The van der Waals surface area contributed by atoms with Crippen LogP contribution >= 0.6 is 0 Å². The van der Waals surface area contributed by atoms with Gasteiger partial charge in [0.25, 0.3) is 0 Å². The van der Waals surface area contributed by atoms with E-state index in [4.69, 9.17) is 9.68 Å². The van der Waals surface area contributed by atoms with Gasteiger partial charge in [-0.05, 0) is 0 Å². The molecule has 26 heavy (non-hydrogen) atoms. The van der Waals surface area contributed by atoms with Crippen LogP contribution in [0.1, 0.15) is 11.1 Å². The van der Waals surface area contributed by atoms with E-state index in [1.807, 2.05) is 12.1 Å². The lowest BCUT2D eigenvalue weighted by Crippen LogP contribution is -2.23. The summed E-state index contributed by atoms with van der Waals surface area (Å²) < 4.78 is 0. The summed E-state index contributed by atoms with van der Waals surface area (Å²) in [5.41, 5.74) is 1.70. The van der Waals surface area contributed by atoms with Gasteiger partial charge in [0.15, 0.2) is 0 Å². The highest BCUT2D eigenvalue weighted by Crippen LogP contribution is 2.11. The molecule has 134 valence electrons. The quantitative estimate of drug-likeness (QED) is 0.489. The first-order valence-electron chi connectivity index (χ1n) is 7.70. The van der Waals surface area contributed by atoms with Crippen molar-refractivity contribution in [3.05, 3.63) is 71.8 Å². The molecule has 8 heteroatoms. The summed E-state index contributed by atoms with van der Waals surface area (Å²) in [6, 6.07) is 17.9. The normalized spacial score (nSPS) is 11.5. The van der Waals surface area contributed by atoms with Crippen LogP contribution in [0.2, 0.25) is 0 Å². The number of hydrogen-bond acceptors (Lipinski definition) is 6. The van der Waals surface area contributed by atoms with Gasteiger partial charge in [0.1, 0.15) is 11.4 Å². The van der Waals surface area contributed by atoms with Crippen LogP contribution < -0.4 is 10.6 Å². The number of carbonyl (C=O) groups is 2. The number of benzene rings is 2. The second-order valence-corrected chi connectivity index (χ2v) is 4.87. The summed E-state index contributed by atoms with van der Waals surface area (Å²) in [4.78, 5) is 32.6. The van der Waals surface area contributed by atoms with Crippen LogP contribution in [0.3, 0.4) is 0 Å². The van der Waals surface area contributed by atoms with Crippen molar-refractivity contribution in [2.24, 2.45) is 10.3 Å². The Kier molecular flexibility index (Phi) is 6.87. The van der Waals surface area contributed by atoms with E-state index >= 15 is 0 Å². The molecular weight excluding hydrogens is 336 g/mol. The van der Waals surface area contributed by atoms with E-state index in [0.29, 0.717) is 11.1 Å². The minimum Gasteiger partial charge on any atom is -0.323 e. The van der Waals surface area contributed by atoms with Gasteiger partial charge in [0.2, 0.25) is 0 Å². The van der Waals surface area contributed by atoms with Crippen LogP contribution in [0.5, 0.6) is 0 Å². The Morgan fingerprint density at radius 1 is 0.692 bits per heavy atom. The Morgan fingerprint density at radius 3 is 1.35 bits per heavy atom. The molecule has 0 saturated carbocycles. The van der Waals surface area contributed by atoms with Gasteiger partial charge in [-0.2, -0.15) is 0 Å². The van der Waals surface area contributed by atoms with E-state index in [9.17, 15) is 9.59 Å². The Labute approximate surface area is 150 Å². The maximum absolute atomic E-state index is 11.4. The fourth-order valence-corrected chi connectivity index (χ4v) is 1.92. The first-order valence-corrected chi connectivity index (χ1v) is 7.70. The van der Waals surface area contributed by atoms with Gasteiger partial charge in [-0.25, -0.2) is 9.59 Å². The monoisotopic (exact) mass is 354 g/mol. The molecule has 0 bridgehead atoms. The highest BCUT2D eigenvalue weighted by Gasteiger charge is 2.18. The van der Waals surface area contributed by atoms with E-state index in [0.717, 1.165) is 0 Å². The Bertz CT molecular complexity index is 735. The third-order valence-electron chi connectivity index (χ3n) is 3.17. The Balaban J connectivity index is 2.53. The molecular formula is C18H18N4O4. The van der Waals surface area contributed by atoms with Crippen molar-refractivity contribution in [1.82, 2.24) is 10.6 Å². The molecule has 2 N–H and O–H groups in total. The van der Waals surface area contributed by atoms with Crippen molar-refractivity contribution in [1.29, 1.82) is 0 Å². The maximum Gasteiger partial charge on any atom is 0.433 e. The first kappa shape index (κ1) is 18.7. The van der Waals surface area contributed by atoms with E-state index in [-0.39, 0.29) is 11.4 Å². The molecule has 0 aliphatic carbocycles. The second-order valence-electron chi connectivity index (χ2n) is 4.87. The Morgan fingerprint density at radius 2 is 1.04 bits per heavy atom. The number of nitrogens with zero attached hydrogens (tertiary/aromatic N) is 2. The van der Waals surface area contributed by atoms with Crippen molar-refractivity contribution in [3.8, 4) is 0 Å². The highest BCUT2D eigenvalue weighted by molar-refractivity contribution is 6.53.